The molecule has 2 atom stereocenters. The highest BCUT2D eigenvalue weighted by Gasteiger charge is 2.18. The molecule has 0 radical (unpaired) electrons. The Balaban J connectivity index is 1.91. The third-order valence-electron chi connectivity index (χ3n) is 3.12. The van der Waals surface area contributed by atoms with Crippen LogP contribution in [0.2, 0.25) is 0 Å². The van der Waals surface area contributed by atoms with Crippen molar-refractivity contribution >= 4 is 11.8 Å². The second kappa shape index (κ2) is 5.73. The van der Waals surface area contributed by atoms with Gasteiger partial charge in [0.2, 0.25) is 0 Å². The molecule has 1 aliphatic heterocycles. The van der Waals surface area contributed by atoms with Crippen LogP contribution in [0.5, 0.6) is 0 Å². The Labute approximate surface area is 101 Å². The number of hydrogen-bond donors (Lipinski definition) is 1. The molecule has 1 aliphatic rings. The van der Waals surface area contributed by atoms with E-state index in [1.807, 2.05) is 7.05 Å². The van der Waals surface area contributed by atoms with E-state index in [-0.39, 0.29) is 6.04 Å². The van der Waals surface area contributed by atoms with Crippen LogP contribution < -0.4 is 5.32 Å². The maximum absolute atomic E-state index is 5.53. The molecule has 3 nitrogen and oxygen atoms in total. The van der Waals surface area contributed by atoms with Crippen molar-refractivity contribution in [3.05, 3.63) is 17.8 Å². The van der Waals surface area contributed by atoms with Crippen molar-refractivity contribution in [2.24, 2.45) is 0 Å². The van der Waals surface area contributed by atoms with Crippen molar-refractivity contribution < 1.29 is 4.42 Å². The highest BCUT2D eigenvalue weighted by Crippen LogP contribution is 2.27. The standard InChI is InChI=1S/C12H20N2OS/c1-9(13-2)11-8-15-12(14-11)7-10-5-3-4-6-16-10/h8-10,13H,3-7H2,1-2H3. The molecular formula is C12H20N2OS. The van der Waals surface area contributed by atoms with E-state index in [2.05, 4.69) is 29.0 Å². The molecule has 1 aromatic heterocycles. The van der Waals surface area contributed by atoms with Crippen molar-refractivity contribution in [1.29, 1.82) is 0 Å². The van der Waals surface area contributed by atoms with Gasteiger partial charge in [0, 0.05) is 17.7 Å². The van der Waals surface area contributed by atoms with Gasteiger partial charge >= 0.3 is 0 Å². The molecule has 2 rings (SSSR count). The lowest BCUT2D eigenvalue weighted by Gasteiger charge is -2.19. The highest BCUT2D eigenvalue weighted by molar-refractivity contribution is 7.99. The van der Waals surface area contributed by atoms with Gasteiger partial charge < -0.3 is 9.73 Å². The minimum Gasteiger partial charge on any atom is -0.449 e. The van der Waals surface area contributed by atoms with E-state index in [0.717, 1.165) is 18.0 Å². The fraction of sp³-hybridized carbons (Fsp3) is 0.750. The summed E-state index contributed by atoms with van der Waals surface area (Å²) in [5, 5.41) is 3.88. The minimum absolute atomic E-state index is 0.275. The van der Waals surface area contributed by atoms with Gasteiger partial charge in [-0.2, -0.15) is 11.8 Å². The molecule has 2 heterocycles. The fourth-order valence-corrected chi connectivity index (χ4v) is 3.23. The SMILES string of the molecule is CNC(C)c1coc(CC2CCCCS2)n1. The van der Waals surface area contributed by atoms with Gasteiger partial charge in [-0.05, 0) is 32.6 Å². The summed E-state index contributed by atoms with van der Waals surface area (Å²) >= 11 is 2.07. The topological polar surface area (TPSA) is 38.1 Å². The molecule has 90 valence electrons. The molecule has 1 saturated heterocycles. The van der Waals surface area contributed by atoms with Gasteiger partial charge in [0.25, 0.3) is 0 Å². The number of oxazole rings is 1. The molecule has 16 heavy (non-hydrogen) atoms. The summed E-state index contributed by atoms with van der Waals surface area (Å²) in [7, 11) is 1.94. The molecule has 1 aromatic rings. The summed E-state index contributed by atoms with van der Waals surface area (Å²) in [5.41, 5.74) is 1.01. The Morgan fingerprint density at radius 3 is 3.19 bits per heavy atom. The summed E-state index contributed by atoms with van der Waals surface area (Å²) < 4.78 is 5.53. The summed E-state index contributed by atoms with van der Waals surface area (Å²) in [6.45, 7) is 2.09. The second-order valence-corrected chi connectivity index (χ2v) is 5.78. The van der Waals surface area contributed by atoms with Crippen LogP contribution in [-0.4, -0.2) is 23.0 Å². The molecule has 1 N–H and O–H groups in total. The normalized spacial score (nSPS) is 23.2. The van der Waals surface area contributed by atoms with Gasteiger partial charge in [0.1, 0.15) is 6.26 Å². The van der Waals surface area contributed by atoms with Gasteiger partial charge in [-0.1, -0.05) is 6.42 Å². The van der Waals surface area contributed by atoms with Crippen LogP contribution in [0.3, 0.4) is 0 Å². The quantitative estimate of drug-likeness (QED) is 0.878. The number of aromatic nitrogens is 1. The van der Waals surface area contributed by atoms with Crippen molar-refractivity contribution in [2.75, 3.05) is 12.8 Å². The molecule has 4 heteroatoms. The lowest BCUT2D eigenvalue weighted by Crippen LogP contribution is -2.14. The number of thioether (sulfide) groups is 1. The van der Waals surface area contributed by atoms with E-state index in [1.165, 1.54) is 25.0 Å². The van der Waals surface area contributed by atoms with E-state index < -0.39 is 0 Å². The largest absolute Gasteiger partial charge is 0.449 e. The zero-order valence-corrected chi connectivity index (χ0v) is 10.8. The van der Waals surface area contributed by atoms with Crippen LogP contribution >= 0.6 is 11.8 Å². The molecule has 0 aliphatic carbocycles. The molecule has 0 aromatic carbocycles. The Kier molecular flexibility index (Phi) is 4.29. The fourth-order valence-electron chi connectivity index (χ4n) is 1.93. The predicted octanol–water partition coefficient (Wildman–Crippen LogP) is 2.78. The summed E-state index contributed by atoms with van der Waals surface area (Å²) in [4.78, 5) is 4.53. The molecular weight excluding hydrogens is 220 g/mol. The van der Waals surface area contributed by atoms with E-state index in [9.17, 15) is 0 Å². The summed E-state index contributed by atoms with van der Waals surface area (Å²) in [5.74, 6) is 2.20. The Morgan fingerprint density at radius 1 is 1.62 bits per heavy atom. The van der Waals surface area contributed by atoms with E-state index >= 15 is 0 Å². The first-order chi connectivity index (χ1) is 7.79. The molecule has 0 spiro atoms. The third-order valence-corrected chi connectivity index (χ3v) is 4.52. The van der Waals surface area contributed by atoms with Crippen molar-refractivity contribution in [2.45, 2.75) is 43.9 Å². The number of rotatable bonds is 4. The zero-order valence-electron chi connectivity index (χ0n) is 10.0. The lowest BCUT2D eigenvalue weighted by atomic mass is 10.1. The van der Waals surface area contributed by atoms with Crippen molar-refractivity contribution in [1.82, 2.24) is 10.3 Å². The maximum Gasteiger partial charge on any atom is 0.195 e. The Hall–Kier alpha value is -0.480. The molecule has 0 saturated carbocycles. The predicted molar refractivity (Wildman–Crippen MR) is 67.8 cm³/mol. The molecule has 0 bridgehead atoms. The van der Waals surface area contributed by atoms with Gasteiger partial charge in [0.05, 0.1) is 5.69 Å². The van der Waals surface area contributed by atoms with Crippen molar-refractivity contribution in [3.63, 3.8) is 0 Å². The average Bonchev–Trinajstić information content (AvgIpc) is 2.78. The van der Waals surface area contributed by atoms with Crippen LogP contribution in [0.25, 0.3) is 0 Å². The van der Waals surface area contributed by atoms with Crippen molar-refractivity contribution in [3.8, 4) is 0 Å². The zero-order chi connectivity index (χ0) is 11.4. The summed E-state index contributed by atoms with van der Waals surface area (Å²) in [6, 6.07) is 0.275. The van der Waals surface area contributed by atoms with Crippen LogP contribution in [0, 0.1) is 0 Å². The monoisotopic (exact) mass is 240 g/mol. The first-order valence-electron chi connectivity index (χ1n) is 6.02. The number of nitrogens with one attached hydrogen (secondary N) is 1. The maximum atomic E-state index is 5.53. The van der Waals surface area contributed by atoms with Crippen LogP contribution in [0.1, 0.15) is 43.8 Å². The first kappa shape index (κ1) is 12.0. The number of hydrogen-bond acceptors (Lipinski definition) is 4. The third kappa shape index (κ3) is 3.01. The van der Waals surface area contributed by atoms with Gasteiger partial charge in [-0.25, -0.2) is 4.98 Å². The Bertz CT molecular complexity index is 321. The van der Waals surface area contributed by atoms with Crippen LogP contribution in [-0.2, 0) is 6.42 Å². The van der Waals surface area contributed by atoms with E-state index in [1.54, 1.807) is 6.26 Å². The highest BCUT2D eigenvalue weighted by atomic mass is 32.2. The molecule has 2 unspecified atom stereocenters. The van der Waals surface area contributed by atoms with Gasteiger partial charge in [-0.15, -0.1) is 0 Å². The smallest absolute Gasteiger partial charge is 0.195 e. The minimum atomic E-state index is 0.275. The average molecular weight is 240 g/mol. The number of nitrogens with zero attached hydrogens (tertiary/aromatic N) is 1. The Morgan fingerprint density at radius 2 is 2.50 bits per heavy atom. The summed E-state index contributed by atoms with van der Waals surface area (Å²) in [6.07, 6.45) is 6.81. The first-order valence-corrected chi connectivity index (χ1v) is 7.07. The van der Waals surface area contributed by atoms with Crippen LogP contribution in [0.4, 0.5) is 0 Å². The van der Waals surface area contributed by atoms with E-state index in [0.29, 0.717) is 5.25 Å². The molecule has 0 amide bonds. The lowest BCUT2D eigenvalue weighted by molar-refractivity contribution is 0.480. The molecule has 1 fully saturated rings. The second-order valence-electron chi connectivity index (χ2n) is 4.37. The van der Waals surface area contributed by atoms with Gasteiger partial charge in [0.15, 0.2) is 5.89 Å². The van der Waals surface area contributed by atoms with Crippen LogP contribution in [0.15, 0.2) is 10.7 Å². The van der Waals surface area contributed by atoms with E-state index in [4.69, 9.17) is 4.42 Å². The van der Waals surface area contributed by atoms with Gasteiger partial charge in [-0.3, -0.25) is 0 Å².